The predicted octanol–water partition coefficient (Wildman–Crippen LogP) is 4.14. The molecule has 2 heterocycles. The maximum absolute atomic E-state index is 5.95. The Bertz CT molecular complexity index is 703. The number of epoxide rings is 2. The Kier molecular flexibility index (Phi) is 4.63. The van der Waals surface area contributed by atoms with Gasteiger partial charge in [0, 0.05) is 0 Å². The summed E-state index contributed by atoms with van der Waals surface area (Å²) < 4.78 is 22.4. The summed E-state index contributed by atoms with van der Waals surface area (Å²) in [5.74, 6) is 1.95. The highest BCUT2D eigenvalue weighted by molar-refractivity contribution is 5.70. The lowest BCUT2D eigenvalue weighted by molar-refractivity contribution is 0.260. The van der Waals surface area contributed by atoms with Gasteiger partial charge in [-0.3, -0.25) is 0 Å². The van der Waals surface area contributed by atoms with E-state index in [1.165, 1.54) is 11.1 Å². The van der Waals surface area contributed by atoms with Crippen LogP contribution in [0.2, 0.25) is 0 Å². The molecule has 2 atom stereocenters. The lowest BCUT2D eigenvalue weighted by Crippen LogP contribution is -2.07. The van der Waals surface area contributed by atoms with Crippen molar-refractivity contribution < 1.29 is 18.9 Å². The van der Waals surface area contributed by atoms with E-state index in [9.17, 15) is 0 Å². The van der Waals surface area contributed by atoms with Gasteiger partial charge in [0.05, 0.1) is 13.2 Å². The standard InChI is InChI=1S/C22H26O4/c1-13-5-17(6-14(2)21(13)25-11-19-9-23-19)18-7-15(3)22(16(4)8-18)26-12-20-10-24-20/h5-8,19-20H,9-12H2,1-4H3/t19-,20+. The van der Waals surface area contributed by atoms with E-state index >= 15 is 0 Å². The SMILES string of the molecule is Cc1cc(-c2cc(C)c(OC[C@H]3CO3)c(C)c2)cc(C)c1OC[C@@H]1CO1. The molecular weight excluding hydrogens is 328 g/mol. The van der Waals surface area contributed by atoms with E-state index in [1.807, 2.05) is 0 Å². The van der Waals surface area contributed by atoms with E-state index in [0.717, 1.165) is 47.0 Å². The van der Waals surface area contributed by atoms with Crippen LogP contribution in [0.5, 0.6) is 11.5 Å². The molecule has 2 aromatic rings. The lowest BCUT2D eigenvalue weighted by atomic mass is 9.96. The van der Waals surface area contributed by atoms with Crippen LogP contribution in [0.1, 0.15) is 22.3 Å². The third kappa shape index (κ3) is 3.87. The minimum Gasteiger partial charge on any atom is -0.490 e. The van der Waals surface area contributed by atoms with Gasteiger partial charge in [-0.15, -0.1) is 0 Å². The van der Waals surface area contributed by atoms with Crippen molar-refractivity contribution in [3.05, 3.63) is 46.5 Å². The summed E-state index contributed by atoms with van der Waals surface area (Å²) in [5.41, 5.74) is 7.03. The number of aryl methyl sites for hydroxylation is 4. The molecule has 0 saturated carbocycles. The number of ether oxygens (including phenoxy) is 4. The molecular formula is C22H26O4. The molecule has 138 valence electrons. The van der Waals surface area contributed by atoms with E-state index < -0.39 is 0 Å². The van der Waals surface area contributed by atoms with Crippen molar-refractivity contribution in [1.82, 2.24) is 0 Å². The summed E-state index contributed by atoms with van der Waals surface area (Å²) in [6.07, 6.45) is 0.541. The molecule has 0 aliphatic carbocycles. The highest BCUT2D eigenvalue weighted by atomic mass is 16.6. The van der Waals surface area contributed by atoms with Crippen molar-refractivity contribution in [1.29, 1.82) is 0 Å². The summed E-state index contributed by atoms with van der Waals surface area (Å²) >= 11 is 0. The number of hydrogen-bond donors (Lipinski definition) is 0. The molecule has 0 amide bonds. The van der Waals surface area contributed by atoms with E-state index in [4.69, 9.17) is 18.9 Å². The average molecular weight is 354 g/mol. The van der Waals surface area contributed by atoms with Gasteiger partial charge < -0.3 is 18.9 Å². The van der Waals surface area contributed by atoms with Crippen molar-refractivity contribution in [3.63, 3.8) is 0 Å². The topological polar surface area (TPSA) is 43.5 Å². The van der Waals surface area contributed by atoms with Gasteiger partial charge in [-0.2, -0.15) is 0 Å². The first-order chi connectivity index (χ1) is 12.5. The summed E-state index contributed by atoms with van der Waals surface area (Å²) in [6.45, 7) is 11.3. The summed E-state index contributed by atoms with van der Waals surface area (Å²) in [5, 5.41) is 0. The van der Waals surface area contributed by atoms with E-state index in [1.54, 1.807) is 0 Å². The van der Waals surface area contributed by atoms with Crippen molar-refractivity contribution >= 4 is 0 Å². The van der Waals surface area contributed by atoms with E-state index in [0.29, 0.717) is 13.2 Å². The Balaban J connectivity index is 1.57. The predicted molar refractivity (Wildman–Crippen MR) is 101 cm³/mol. The normalized spacial score (nSPS) is 20.8. The fourth-order valence-corrected chi connectivity index (χ4v) is 3.37. The fourth-order valence-electron chi connectivity index (χ4n) is 3.37. The molecule has 2 aromatic carbocycles. The molecule has 4 rings (SSSR count). The average Bonchev–Trinajstić information content (AvgIpc) is 3.47. The van der Waals surface area contributed by atoms with Crippen LogP contribution in [0, 0.1) is 27.7 Å². The van der Waals surface area contributed by atoms with Crippen molar-refractivity contribution in [2.45, 2.75) is 39.9 Å². The Morgan fingerprint density at radius 1 is 0.692 bits per heavy atom. The molecule has 4 nitrogen and oxygen atoms in total. The molecule has 4 heteroatoms. The number of benzene rings is 2. The van der Waals surface area contributed by atoms with Crippen LogP contribution >= 0.6 is 0 Å². The largest absolute Gasteiger partial charge is 0.490 e. The van der Waals surface area contributed by atoms with Gasteiger partial charge in [-0.1, -0.05) is 0 Å². The first kappa shape index (κ1) is 17.4. The molecule has 0 unspecified atom stereocenters. The molecule has 2 aliphatic heterocycles. The summed E-state index contributed by atoms with van der Waals surface area (Å²) in [7, 11) is 0. The zero-order valence-corrected chi connectivity index (χ0v) is 15.9. The second-order valence-electron chi connectivity index (χ2n) is 7.41. The number of rotatable bonds is 7. The van der Waals surface area contributed by atoms with Crippen molar-refractivity contribution in [3.8, 4) is 22.6 Å². The first-order valence-corrected chi connectivity index (χ1v) is 9.23. The minimum absolute atomic E-state index is 0.271. The fraction of sp³-hybridized carbons (Fsp3) is 0.455. The zero-order valence-electron chi connectivity index (χ0n) is 15.9. The number of hydrogen-bond acceptors (Lipinski definition) is 4. The molecule has 0 spiro atoms. The van der Waals surface area contributed by atoms with Gasteiger partial charge in [0.1, 0.15) is 36.9 Å². The molecule has 0 radical (unpaired) electrons. The van der Waals surface area contributed by atoms with Gasteiger partial charge in [-0.25, -0.2) is 0 Å². The Morgan fingerprint density at radius 3 is 1.27 bits per heavy atom. The maximum Gasteiger partial charge on any atom is 0.125 e. The highest BCUT2D eigenvalue weighted by Gasteiger charge is 2.25. The van der Waals surface area contributed by atoms with E-state index in [-0.39, 0.29) is 12.2 Å². The molecule has 26 heavy (non-hydrogen) atoms. The second kappa shape index (κ2) is 6.93. The van der Waals surface area contributed by atoms with Gasteiger partial charge in [0.15, 0.2) is 0 Å². The Labute approximate surface area is 155 Å². The third-order valence-corrected chi connectivity index (χ3v) is 4.89. The van der Waals surface area contributed by atoms with E-state index in [2.05, 4.69) is 52.0 Å². The molecule has 0 aromatic heterocycles. The van der Waals surface area contributed by atoms with Crippen LogP contribution in [-0.2, 0) is 9.47 Å². The smallest absolute Gasteiger partial charge is 0.125 e. The molecule has 2 saturated heterocycles. The molecule has 0 N–H and O–H groups in total. The van der Waals surface area contributed by atoms with Crippen molar-refractivity contribution in [2.24, 2.45) is 0 Å². The van der Waals surface area contributed by atoms with Crippen LogP contribution in [-0.4, -0.2) is 38.6 Å². The third-order valence-electron chi connectivity index (χ3n) is 4.89. The lowest BCUT2D eigenvalue weighted by Gasteiger charge is -2.16. The molecule has 0 bridgehead atoms. The van der Waals surface area contributed by atoms with Crippen LogP contribution in [0.25, 0.3) is 11.1 Å². The van der Waals surface area contributed by atoms with Gasteiger partial charge in [0.2, 0.25) is 0 Å². The summed E-state index contributed by atoms with van der Waals surface area (Å²) in [4.78, 5) is 0. The second-order valence-corrected chi connectivity index (χ2v) is 7.41. The van der Waals surface area contributed by atoms with Gasteiger partial charge in [-0.05, 0) is 85.3 Å². The zero-order chi connectivity index (χ0) is 18.3. The van der Waals surface area contributed by atoms with Gasteiger partial charge in [0.25, 0.3) is 0 Å². The quantitative estimate of drug-likeness (QED) is 0.701. The first-order valence-electron chi connectivity index (χ1n) is 9.23. The summed E-state index contributed by atoms with van der Waals surface area (Å²) in [6, 6.07) is 8.79. The molecule has 2 fully saturated rings. The van der Waals surface area contributed by atoms with Crippen LogP contribution in [0.3, 0.4) is 0 Å². The minimum atomic E-state index is 0.271. The van der Waals surface area contributed by atoms with Crippen LogP contribution in [0.4, 0.5) is 0 Å². The Hall–Kier alpha value is -2.04. The molecule has 2 aliphatic rings. The maximum atomic E-state index is 5.95. The van der Waals surface area contributed by atoms with Crippen LogP contribution in [0.15, 0.2) is 24.3 Å². The Morgan fingerprint density at radius 2 is 1.00 bits per heavy atom. The van der Waals surface area contributed by atoms with Gasteiger partial charge >= 0.3 is 0 Å². The highest BCUT2D eigenvalue weighted by Crippen LogP contribution is 2.34. The van der Waals surface area contributed by atoms with Crippen LogP contribution < -0.4 is 9.47 Å². The monoisotopic (exact) mass is 354 g/mol. The van der Waals surface area contributed by atoms with Crippen molar-refractivity contribution in [2.75, 3.05) is 26.4 Å².